The van der Waals surface area contributed by atoms with E-state index < -0.39 is 12.0 Å². The van der Waals surface area contributed by atoms with Crippen LogP contribution in [-0.2, 0) is 16.1 Å². The van der Waals surface area contributed by atoms with Crippen molar-refractivity contribution in [1.82, 2.24) is 14.8 Å². The number of benzene rings is 2. The summed E-state index contributed by atoms with van der Waals surface area (Å²) in [5, 5.41) is 8.57. The Morgan fingerprint density at radius 3 is 2.76 bits per heavy atom. The number of rotatable bonds is 6. The van der Waals surface area contributed by atoms with Crippen LogP contribution in [0.15, 0.2) is 58.5 Å². The minimum Gasteiger partial charge on any atom is -0.488 e. The molecule has 1 unspecified atom stereocenters. The lowest BCUT2D eigenvalue weighted by molar-refractivity contribution is -0.143. The summed E-state index contributed by atoms with van der Waals surface area (Å²) >= 11 is 15.9. The molecule has 0 bridgehead atoms. The lowest BCUT2D eigenvalue weighted by Gasteiger charge is -2.29. The van der Waals surface area contributed by atoms with Gasteiger partial charge in [-0.2, -0.15) is 10.1 Å². The Balaban J connectivity index is 1.77. The minimum atomic E-state index is -0.608. The maximum atomic E-state index is 13.1. The first-order valence-corrected chi connectivity index (χ1v) is 11.7. The Morgan fingerprint density at radius 2 is 2.03 bits per heavy atom. The van der Waals surface area contributed by atoms with Gasteiger partial charge in [-0.15, -0.1) is 0 Å². The highest BCUT2D eigenvalue weighted by Crippen LogP contribution is 2.41. The summed E-state index contributed by atoms with van der Waals surface area (Å²) in [6.45, 7) is 5.65. The lowest BCUT2D eigenvalue weighted by atomic mass is 9.95. The number of esters is 1. The van der Waals surface area contributed by atoms with Crippen LogP contribution < -0.4 is 10.1 Å². The summed E-state index contributed by atoms with van der Waals surface area (Å²) in [7, 11) is 0. The smallest absolute Gasteiger partial charge is 0.338 e. The molecule has 172 valence electrons. The number of hydrogen-bond donors (Lipinski definition) is 1. The van der Waals surface area contributed by atoms with Crippen LogP contribution in [0.5, 0.6) is 5.75 Å². The van der Waals surface area contributed by atoms with Gasteiger partial charge < -0.3 is 14.8 Å². The molecule has 4 rings (SSSR count). The molecule has 2 aromatic carbocycles. The zero-order chi connectivity index (χ0) is 23.7. The largest absolute Gasteiger partial charge is 0.488 e. The number of aromatic nitrogens is 3. The molecule has 3 aromatic rings. The van der Waals surface area contributed by atoms with Gasteiger partial charge in [0.25, 0.3) is 0 Å². The molecule has 0 radical (unpaired) electrons. The molecular weight excluding hydrogens is 531 g/mol. The van der Waals surface area contributed by atoms with E-state index in [1.54, 1.807) is 16.8 Å². The van der Waals surface area contributed by atoms with Crippen LogP contribution in [0.25, 0.3) is 0 Å². The van der Waals surface area contributed by atoms with Gasteiger partial charge in [0.15, 0.2) is 0 Å². The number of halogens is 3. The molecule has 1 aromatic heterocycles. The third-order valence-electron chi connectivity index (χ3n) is 5.02. The van der Waals surface area contributed by atoms with Gasteiger partial charge in [0, 0.05) is 31.3 Å². The van der Waals surface area contributed by atoms with Gasteiger partial charge in [0.05, 0.1) is 11.7 Å². The summed E-state index contributed by atoms with van der Waals surface area (Å²) in [6, 6.07) is 10.2. The summed E-state index contributed by atoms with van der Waals surface area (Å²) < 4.78 is 14.2. The van der Waals surface area contributed by atoms with Crippen LogP contribution in [-0.4, -0.2) is 26.8 Å². The molecule has 0 spiro atoms. The van der Waals surface area contributed by atoms with Crippen molar-refractivity contribution in [1.29, 1.82) is 0 Å². The van der Waals surface area contributed by atoms with E-state index in [0.717, 1.165) is 15.6 Å². The number of hydrogen-bond acceptors (Lipinski definition) is 6. The zero-order valence-corrected chi connectivity index (χ0v) is 21.2. The van der Waals surface area contributed by atoms with Crippen LogP contribution in [0.2, 0.25) is 10.0 Å². The standard InChI is InChI=1S/C23H21BrCl2N4O3/c1-12(2)33-22(31)20-13(3)29-23-27-11-28-30(23)21(20)17-8-15(24)5-7-19(17)32-10-14-4-6-16(25)9-18(14)26/h4-9,11-12,21H,10H2,1-3H3,(H,27,28,29). The number of carbonyl (C=O) groups is 1. The second-order valence-electron chi connectivity index (χ2n) is 7.76. The summed E-state index contributed by atoms with van der Waals surface area (Å²) in [5.41, 5.74) is 2.57. The van der Waals surface area contributed by atoms with Crippen molar-refractivity contribution in [3.05, 3.63) is 79.6 Å². The summed E-state index contributed by atoms with van der Waals surface area (Å²) in [5.74, 6) is 0.651. The van der Waals surface area contributed by atoms with Crippen molar-refractivity contribution in [2.45, 2.75) is 39.5 Å². The summed E-state index contributed by atoms with van der Waals surface area (Å²) in [4.78, 5) is 17.4. The predicted octanol–water partition coefficient (Wildman–Crippen LogP) is 6.17. The molecule has 0 saturated heterocycles. The highest BCUT2D eigenvalue weighted by atomic mass is 79.9. The van der Waals surface area contributed by atoms with Crippen molar-refractivity contribution in [3.8, 4) is 5.75 Å². The average molecular weight is 552 g/mol. The Bertz CT molecular complexity index is 1240. The number of nitrogens with one attached hydrogen (secondary N) is 1. The molecule has 0 fully saturated rings. The van der Waals surface area contributed by atoms with E-state index in [-0.39, 0.29) is 12.7 Å². The van der Waals surface area contributed by atoms with Gasteiger partial charge in [0.2, 0.25) is 5.95 Å². The molecule has 0 saturated carbocycles. The van der Waals surface area contributed by atoms with Crippen molar-refractivity contribution < 1.29 is 14.3 Å². The third kappa shape index (κ3) is 5.03. The van der Waals surface area contributed by atoms with E-state index in [1.165, 1.54) is 6.33 Å². The molecule has 7 nitrogen and oxygen atoms in total. The monoisotopic (exact) mass is 550 g/mol. The Morgan fingerprint density at radius 1 is 1.24 bits per heavy atom. The highest BCUT2D eigenvalue weighted by Gasteiger charge is 2.36. The molecule has 33 heavy (non-hydrogen) atoms. The number of ether oxygens (including phenoxy) is 2. The number of allylic oxidation sites excluding steroid dienone is 1. The van der Waals surface area contributed by atoms with E-state index in [2.05, 4.69) is 31.3 Å². The molecule has 2 heterocycles. The zero-order valence-electron chi connectivity index (χ0n) is 18.1. The van der Waals surface area contributed by atoms with Crippen molar-refractivity contribution >= 4 is 51.0 Å². The topological polar surface area (TPSA) is 78.3 Å². The first kappa shape index (κ1) is 23.6. The number of anilines is 1. The second kappa shape index (κ2) is 9.75. The molecule has 10 heteroatoms. The number of carbonyl (C=O) groups excluding carboxylic acids is 1. The molecular formula is C23H21BrCl2N4O3. The lowest BCUT2D eigenvalue weighted by Crippen LogP contribution is -2.31. The van der Waals surface area contributed by atoms with Gasteiger partial charge in [-0.3, -0.25) is 0 Å². The average Bonchev–Trinajstić information content (AvgIpc) is 3.20. The molecule has 1 atom stereocenters. The molecule has 0 amide bonds. The van der Waals surface area contributed by atoms with Gasteiger partial charge in [-0.25, -0.2) is 9.48 Å². The van der Waals surface area contributed by atoms with Gasteiger partial charge in [-0.05, 0) is 51.1 Å². The SMILES string of the molecule is CC1=C(C(=O)OC(C)C)C(c2cc(Br)ccc2OCc2ccc(Cl)cc2Cl)n2ncnc2N1. The molecule has 1 N–H and O–H groups in total. The Kier molecular flexibility index (Phi) is 6.97. The fourth-order valence-electron chi connectivity index (χ4n) is 3.58. The first-order valence-electron chi connectivity index (χ1n) is 10.2. The predicted molar refractivity (Wildman–Crippen MR) is 131 cm³/mol. The first-order chi connectivity index (χ1) is 15.7. The maximum absolute atomic E-state index is 13.1. The fourth-order valence-corrected chi connectivity index (χ4v) is 4.42. The Hall–Kier alpha value is -2.55. The van der Waals surface area contributed by atoms with E-state index in [1.807, 2.05) is 45.0 Å². The highest BCUT2D eigenvalue weighted by molar-refractivity contribution is 9.10. The van der Waals surface area contributed by atoms with Crippen molar-refractivity contribution in [2.24, 2.45) is 0 Å². The van der Waals surface area contributed by atoms with Crippen LogP contribution in [0, 0.1) is 0 Å². The number of fused-ring (bicyclic) bond motifs is 1. The quantitative estimate of drug-likeness (QED) is 0.369. The van der Waals surface area contributed by atoms with Crippen LogP contribution in [0.4, 0.5) is 5.95 Å². The van der Waals surface area contributed by atoms with E-state index in [4.69, 9.17) is 32.7 Å². The van der Waals surface area contributed by atoms with E-state index in [0.29, 0.717) is 33.0 Å². The van der Waals surface area contributed by atoms with Gasteiger partial charge in [0.1, 0.15) is 24.7 Å². The van der Waals surface area contributed by atoms with Crippen LogP contribution >= 0.6 is 39.1 Å². The Labute approximate surface area is 209 Å². The molecule has 0 aliphatic carbocycles. The third-order valence-corrected chi connectivity index (χ3v) is 6.10. The van der Waals surface area contributed by atoms with Gasteiger partial charge >= 0.3 is 5.97 Å². The normalized spacial score (nSPS) is 15.3. The van der Waals surface area contributed by atoms with Crippen LogP contribution in [0.1, 0.15) is 37.9 Å². The van der Waals surface area contributed by atoms with Crippen LogP contribution in [0.3, 0.4) is 0 Å². The van der Waals surface area contributed by atoms with Gasteiger partial charge in [-0.1, -0.05) is 45.2 Å². The fraction of sp³-hybridized carbons (Fsp3) is 0.261. The van der Waals surface area contributed by atoms with E-state index in [9.17, 15) is 4.79 Å². The number of nitrogens with zero attached hydrogens (tertiary/aromatic N) is 3. The van der Waals surface area contributed by atoms with E-state index >= 15 is 0 Å². The van der Waals surface area contributed by atoms with Crippen molar-refractivity contribution in [2.75, 3.05) is 5.32 Å². The second-order valence-corrected chi connectivity index (χ2v) is 9.51. The van der Waals surface area contributed by atoms with Crippen molar-refractivity contribution in [3.63, 3.8) is 0 Å². The minimum absolute atomic E-state index is 0.217. The summed E-state index contributed by atoms with van der Waals surface area (Å²) in [6.07, 6.45) is 1.16. The molecule has 1 aliphatic heterocycles. The molecule has 1 aliphatic rings. The maximum Gasteiger partial charge on any atom is 0.338 e.